The predicted molar refractivity (Wildman–Crippen MR) is 104 cm³/mol. The maximum Gasteiger partial charge on any atom is 0.239 e. The van der Waals surface area contributed by atoms with Gasteiger partial charge in [-0.3, -0.25) is 9.69 Å². The van der Waals surface area contributed by atoms with Crippen LogP contribution in [0.5, 0.6) is 0 Å². The number of nitrogens with one attached hydrogen (secondary N) is 1. The Balaban J connectivity index is 1.46. The molecule has 1 aromatic heterocycles. The van der Waals surface area contributed by atoms with Crippen molar-refractivity contribution in [2.24, 2.45) is 0 Å². The zero-order chi connectivity index (χ0) is 18.1. The van der Waals surface area contributed by atoms with E-state index >= 15 is 0 Å². The van der Waals surface area contributed by atoms with Gasteiger partial charge in [-0.1, -0.05) is 24.3 Å². The number of carbonyl (C=O) groups is 1. The van der Waals surface area contributed by atoms with Gasteiger partial charge in [-0.15, -0.1) is 11.3 Å². The Labute approximate surface area is 158 Å². The van der Waals surface area contributed by atoms with E-state index in [4.69, 9.17) is 0 Å². The van der Waals surface area contributed by atoms with Crippen molar-refractivity contribution < 1.29 is 4.79 Å². The Hall–Kier alpha value is -2.16. The molecular weight excluding hydrogens is 342 g/mol. The fraction of sp³-hybridized carbons (Fsp3) is 0.429. The van der Waals surface area contributed by atoms with Crippen LogP contribution < -0.4 is 5.32 Å². The Kier molecular flexibility index (Phi) is 4.80. The van der Waals surface area contributed by atoms with Gasteiger partial charge < -0.3 is 5.32 Å². The summed E-state index contributed by atoms with van der Waals surface area (Å²) in [4.78, 5) is 16.0. The van der Waals surface area contributed by atoms with Crippen LogP contribution in [-0.2, 0) is 24.1 Å². The molecule has 134 valence electrons. The molecule has 5 heteroatoms. The highest BCUT2D eigenvalue weighted by Gasteiger charge is 2.26. The molecule has 4 nitrogen and oxygen atoms in total. The molecule has 2 aromatic rings. The number of nitriles is 1. The number of aryl methyl sites for hydroxylation is 2. The number of hydrogen-bond donors (Lipinski definition) is 1. The van der Waals surface area contributed by atoms with Crippen LogP contribution in [0.25, 0.3) is 0 Å². The average Bonchev–Trinajstić information content (AvgIpc) is 3.21. The van der Waals surface area contributed by atoms with Crippen molar-refractivity contribution in [1.82, 2.24) is 4.90 Å². The number of likely N-dealkylation sites (N-methyl/N-ethyl adjacent to an activating group) is 1. The molecule has 1 atom stereocenters. The maximum atomic E-state index is 12.6. The van der Waals surface area contributed by atoms with E-state index in [0.29, 0.717) is 12.1 Å². The Morgan fingerprint density at radius 1 is 1.31 bits per heavy atom. The summed E-state index contributed by atoms with van der Waals surface area (Å²) in [6.07, 6.45) is 6.47. The molecule has 0 spiro atoms. The van der Waals surface area contributed by atoms with Crippen molar-refractivity contribution in [3.63, 3.8) is 0 Å². The van der Waals surface area contributed by atoms with E-state index in [0.717, 1.165) is 49.1 Å². The summed E-state index contributed by atoms with van der Waals surface area (Å²) >= 11 is 1.58. The van der Waals surface area contributed by atoms with E-state index in [1.807, 2.05) is 7.05 Å². The molecule has 0 saturated heterocycles. The summed E-state index contributed by atoms with van der Waals surface area (Å²) in [5, 5.41) is 13.2. The van der Waals surface area contributed by atoms with Crippen LogP contribution in [-0.4, -0.2) is 24.4 Å². The molecule has 26 heavy (non-hydrogen) atoms. The van der Waals surface area contributed by atoms with Crippen LogP contribution in [0.3, 0.4) is 0 Å². The van der Waals surface area contributed by atoms with Crippen molar-refractivity contribution in [3.05, 3.63) is 51.4 Å². The highest BCUT2D eigenvalue weighted by Crippen LogP contribution is 2.38. The molecule has 2 aliphatic carbocycles. The van der Waals surface area contributed by atoms with Crippen LogP contribution in [0.15, 0.2) is 24.3 Å². The van der Waals surface area contributed by atoms with Gasteiger partial charge in [-0.2, -0.15) is 5.26 Å². The maximum absolute atomic E-state index is 12.6. The standard InChI is InChI=1S/C21H23N3OS/c1-24(18-10-4-7-14-6-2-3-8-15(14)18)13-20(25)23-21-17(12-22)16-9-5-11-19(16)26-21/h2-3,6,8,18H,4-5,7,9-11,13H2,1H3,(H,23,25)/t18-/m0/s1. The van der Waals surface area contributed by atoms with Gasteiger partial charge in [0.1, 0.15) is 11.1 Å². The third-order valence-corrected chi connectivity index (χ3v) is 6.76. The van der Waals surface area contributed by atoms with Crippen molar-refractivity contribution in [1.29, 1.82) is 5.26 Å². The highest BCUT2D eigenvalue weighted by atomic mass is 32.1. The number of benzene rings is 1. The number of thiophene rings is 1. The largest absolute Gasteiger partial charge is 0.315 e. The van der Waals surface area contributed by atoms with Crippen molar-refractivity contribution >= 4 is 22.2 Å². The summed E-state index contributed by atoms with van der Waals surface area (Å²) in [5.41, 5.74) is 4.59. The molecule has 1 N–H and O–H groups in total. The Bertz CT molecular complexity index is 880. The Morgan fingerprint density at radius 2 is 2.15 bits per heavy atom. The summed E-state index contributed by atoms with van der Waals surface area (Å²) in [6.45, 7) is 0.340. The van der Waals surface area contributed by atoms with E-state index in [9.17, 15) is 10.1 Å². The molecule has 0 aliphatic heterocycles. The molecule has 0 unspecified atom stereocenters. The third kappa shape index (κ3) is 3.15. The number of anilines is 1. The second-order valence-electron chi connectivity index (χ2n) is 7.24. The van der Waals surface area contributed by atoms with E-state index in [2.05, 4.69) is 40.6 Å². The second-order valence-corrected chi connectivity index (χ2v) is 8.35. The first-order valence-electron chi connectivity index (χ1n) is 9.30. The summed E-state index contributed by atoms with van der Waals surface area (Å²) in [5.74, 6) is -0.0352. The first-order valence-corrected chi connectivity index (χ1v) is 10.1. The molecule has 1 amide bonds. The highest BCUT2D eigenvalue weighted by molar-refractivity contribution is 7.16. The van der Waals surface area contributed by atoms with Gasteiger partial charge >= 0.3 is 0 Å². The minimum atomic E-state index is -0.0352. The SMILES string of the molecule is CN(CC(=O)Nc1sc2c(c1C#N)CCC2)[C@H]1CCCc2ccccc21. The quantitative estimate of drug-likeness (QED) is 0.889. The third-order valence-electron chi connectivity index (χ3n) is 5.55. The van der Waals surface area contributed by atoms with Gasteiger partial charge in [-0.05, 0) is 62.3 Å². The molecular formula is C21H23N3OS. The molecule has 0 saturated carbocycles. The van der Waals surface area contributed by atoms with Gasteiger partial charge in [0.25, 0.3) is 0 Å². The lowest BCUT2D eigenvalue weighted by molar-refractivity contribution is -0.117. The van der Waals surface area contributed by atoms with Gasteiger partial charge in [0, 0.05) is 10.9 Å². The summed E-state index contributed by atoms with van der Waals surface area (Å²) in [7, 11) is 2.02. The number of amides is 1. The molecule has 0 bridgehead atoms. The first-order chi connectivity index (χ1) is 12.7. The van der Waals surface area contributed by atoms with Crippen molar-refractivity contribution in [2.75, 3.05) is 18.9 Å². The minimum Gasteiger partial charge on any atom is -0.315 e. The lowest BCUT2D eigenvalue weighted by Gasteiger charge is -2.32. The molecule has 2 aliphatic rings. The van der Waals surface area contributed by atoms with E-state index in [-0.39, 0.29) is 11.9 Å². The number of hydrogen-bond acceptors (Lipinski definition) is 4. The molecule has 1 heterocycles. The Morgan fingerprint density at radius 3 is 3.00 bits per heavy atom. The van der Waals surface area contributed by atoms with Gasteiger partial charge in [-0.25, -0.2) is 0 Å². The smallest absolute Gasteiger partial charge is 0.239 e. The van der Waals surface area contributed by atoms with Crippen LogP contribution in [0.2, 0.25) is 0 Å². The number of nitrogens with zero attached hydrogens (tertiary/aromatic N) is 2. The zero-order valence-corrected chi connectivity index (χ0v) is 15.9. The van der Waals surface area contributed by atoms with Crippen LogP contribution in [0.1, 0.15) is 52.4 Å². The lowest BCUT2D eigenvalue weighted by Crippen LogP contribution is -2.34. The predicted octanol–water partition coefficient (Wildman–Crippen LogP) is 4.06. The van der Waals surface area contributed by atoms with Crippen molar-refractivity contribution in [3.8, 4) is 6.07 Å². The summed E-state index contributed by atoms with van der Waals surface area (Å²) < 4.78 is 0. The van der Waals surface area contributed by atoms with Gasteiger partial charge in [0.05, 0.1) is 12.1 Å². The topological polar surface area (TPSA) is 56.1 Å². The fourth-order valence-electron chi connectivity index (χ4n) is 4.30. The number of rotatable bonds is 4. The van der Waals surface area contributed by atoms with E-state index in [1.54, 1.807) is 11.3 Å². The van der Waals surface area contributed by atoms with Crippen LogP contribution in [0.4, 0.5) is 5.00 Å². The molecule has 1 aromatic carbocycles. The van der Waals surface area contributed by atoms with Crippen LogP contribution >= 0.6 is 11.3 Å². The minimum absolute atomic E-state index is 0.0352. The molecule has 0 fully saturated rings. The van der Waals surface area contributed by atoms with Crippen molar-refractivity contribution in [2.45, 2.75) is 44.6 Å². The van der Waals surface area contributed by atoms with Gasteiger partial charge in [0.2, 0.25) is 5.91 Å². The zero-order valence-electron chi connectivity index (χ0n) is 15.0. The lowest BCUT2D eigenvalue weighted by atomic mass is 9.87. The second kappa shape index (κ2) is 7.22. The monoisotopic (exact) mass is 365 g/mol. The number of fused-ring (bicyclic) bond motifs is 2. The first kappa shape index (κ1) is 17.3. The normalized spacial score (nSPS) is 18.3. The average molecular weight is 366 g/mol. The summed E-state index contributed by atoms with van der Waals surface area (Å²) in [6, 6.07) is 11.1. The van der Waals surface area contributed by atoms with Crippen LogP contribution in [0, 0.1) is 11.3 Å². The fourth-order valence-corrected chi connectivity index (χ4v) is 5.56. The van der Waals surface area contributed by atoms with E-state index in [1.165, 1.54) is 16.0 Å². The van der Waals surface area contributed by atoms with E-state index < -0.39 is 0 Å². The number of carbonyl (C=O) groups excluding carboxylic acids is 1. The van der Waals surface area contributed by atoms with Gasteiger partial charge in [0.15, 0.2) is 0 Å². The molecule has 0 radical (unpaired) electrons. The molecule has 4 rings (SSSR count).